The van der Waals surface area contributed by atoms with Crippen molar-refractivity contribution in [2.75, 3.05) is 11.2 Å². The molecule has 1 aromatic carbocycles. The van der Waals surface area contributed by atoms with Crippen molar-refractivity contribution < 1.29 is 18.4 Å². The summed E-state index contributed by atoms with van der Waals surface area (Å²) in [4.78, 5) is 22.3. The first-order chi connectivity index (χ1) is 8.43. The summed E-state index contributed by atoms with van der Waals surface area (Å²) in [6, 6.07) is 0.948. The third-order valence-corrected chi connectivity index (χ3v) is 2.47. The highest BCUT2D eigenvalue weighted by atomic mass is 79.9. The molecule has 1 aromatic rings. The normalized spacial score (nSPS) is 10.0. The maximum absolute atomic E-state index is 13.3. The Morgan fingerprint density at radius 3 is 2.33 bits per heavy atom. The average molecular weight is 342 g/mol. The first-order valence-electron chi connectivity index (χ1n) is 4.75. The molecule has 0 bridgehead atoms. The number of amides is 3. The summed E-state index contributed by atoms with van der Waals surface area (Å²) in [6.07, 6.45) is -0.0692. The van der Waals surface area contributed by atoms with Crippen molar-refractivity contribution in [2.24, 2.45) is 0 Å². The Balaban J connectivity index is 2.73. The lowest BCUT2D eigenvalue weighted by Gasteiger charge is -2.08. The van der Waals surface area contributed by atoms with Crippen LogP contribution in [-0.2, 0) is 4.79 Å². The van der Waals surface area contributed by atoms with Gasteiger partial charge in [0.2, 0.25) is 5.91 Å². The molecule has 8 heteroatoms. The van der Waals surface area contributed by atoms with Crippen molar-refractivity contribution in [1.29, 1.82) is 0 Å². The third kappa shape index (κ3) is 4.23. The lowest BCUT2D eigenvalue weighted by atomic mass is 10.3. The van der Waals surface area contributed by atoms with Crippen LogP contribution in [0.5, 0.6) is 0 Å². The second kappa shape index (κ2) is 6.65. The lowest BCUT2D eigenvalue weighted by Crippen LogP contribution is -2.34. The molecular weight excluding hydrogens is 333 g/mol. The van der Waals surface area contributed by atoms with Crippen LogP contribution in [0.15, 0.2) is 16.6 Å². The Labute approximate surface area is 115 Å². The molecule has 0 radical (unpaired) electrons. The largest absolute Gasteiger partial charge is 0.326 e. The van der Waals surface area contributed by atoms with Crippen LogP contribution in [0.3, 0.4) is 0 Å². The van der Waals surface area contributed by atoms with E-state index in [0.29, 0.717) is 0 Å². The predicted octanol–water partition coefficient (Wildman–Crippen LogP) is 3.00. The van der Waals surface area contributed by atoms with Gasteiger partial charge in [-0.15, -0.1) is 11.6 Å². The Morgan fingerprint density at radius 1 is 1.28 bits per heavy atom. The van der Waals surface area contributed by atoms with Gasteiger partial charge in [-0.3, -0.25) is 10.1 Å². The average Bonchev–Trinajstić information content (AvgIpc) is 2.23. The van der Waals surface area contributed by atoms with Gasteiger partial charge in [-0.1, -0.05) is 15.9 Å². The second-order valence-electron chi connectivity index (χ2n) is 3.19. The van der Waals surface area contributed by atoms with Crippen molar-refractivity contribution in [1.82, 2.24) is 5.32 Å². The minimum absolute atomic E-state index is 0.0418. The zero-order valence-corrected chi connectivity index (χ0v) is 11.2. The topological polar surface area (TPSA) is 58.2 Å². The van der Waals surface area contributed by atoms with E-state index < -0.39 is 29.3 Å². The second-order valence-corrected chi connectivity index (χ2v) is 4.48. The summed E-state index contributed by atoms with van der Waals surface area (Å²) in [5, 5.41) is 3.79. The van der Waals surface area contributed by atoms with Gasteiger partial charge in [0.1, 0.15) is 5.69 Å². The number of rotatable bonds is 3. The minimum Gasteiger partial charge on any atom is -0.302 e. The zero-order chi connectivity index (χ0) is 13.7. The molecule has 0 aliphatic heterocycles. The smallest absolute Gasteiger partial charge is 0.302 e. The van der Waals surface area contributed by atoms with E-state index in [9.17, 15) is 18.4 Å². The Hall–Kier alpha value is -1.21. The number of nitrogens with one attached hydrogen (secondary N) is 2. The standard InChI is InChI=1S/C10H8BrClF2N2O2/c11-5-3-6(13)9(7(14)4-5)16-10(18)15-8(17)1-2-12/h3-4H,1-2H2,(H2,15,16,17,18). The molecule has 0 unspecified atom stereocenters. The maximum atomic E-state index is 13.3. The maximum Gasteiger partial charge on any atom is 0.326 e. The van der Waals surface area contributed by atoms with Gasteiger partial charge in [-0.25, -0.2) is 13.6 Å². The number of imide groups is 1. The van der Waals surface area contributed by atoms with Crippen molar-refractivity contribution >= 4 is 45.2 Å². The van der Waals surface area contributed by atoms with Gasteiger partial charge in [-0.05, 0) is 12.1 Å². The van der Waals surface area contributed by atoms with Crippen LogP contribution in [-0.4, -0.2) is 17.8 Å². The Morgan fingerprint density at radius 2 is 1.83 bits per heavy atom. The fraction of sp³-hybridized carbons (Fsp3) is 0.200. The Kier molecular flexibility index (Phi) is 5.49. The zero-order valence-electron chi connectivity index (χ0n) is 8.90. The molecule has 4 nitrogen and oxygen atoms in total. The Bertz CT molecular complexity index is 462. The molecule has 18 heavy (non-hydrogen) atoms. The highest BCUT2D eigenvalue weighted by molar-refractivity contribution is 9.10. The van der Waals surface area contributed by atoms with Crippen LogP contribution in [0.2, 0.25) is 0 Å². The summed E-state index contributed by atoms with van der Waals surface area (Å²) >= 11 is 8.19. The minimum atomic E-state index is -1.02. The number of anilines is 1. The van der Waals surface area contributed by atoms with Crippen LogP contribution in [0, 0.1) is 11.6 Å². The summed E-state index contributed by atoms with van der Waals surface area (Å²) in [6.45, 7) is 0. The van der Waals surface area contributed by atoms with E-state index >= 15 is 0 Å². The van der Waals surface area contributed by atoms with Gasteiger partial charge in [0.05, 0.1) is 0 Å². The molecule has 0 atom stereocenters. The fourth-order valence-corrected chi connectivity index (χ4v) is 1.65. The summed E-state index contributed by atoms with van der Waals surface area (Å²) in [5.41, 5.74) is -0.630. The van der Waals surface area contributed by atoms with Crippen molar-refractivity contribution in [3.05, 3.63) is 28.2 Å². The molecule has 0 aliphatic rings. The van der Waals surface area contributed by atoms with E-state index in [-0.39, 0.29) is 16.8 Å². The van der Waals surface area contributed by atoms with Gasteiger partial charge < -0.3 is 5.32 Å². The lowest BCUT2D eigenvalue weighted by molar-refractivity contribution is -0.119. The summed E-state index contributed by atoms with van der Waals surface area (Å²) in [7, 11) is 0. The van der Waals surface area contributed by atoms with Crippen molar-refractivity contribution in [3.8, 4) is 0 Å². The predicted molar refractivity (Wildman–Crippen MR) is 66.6 cm³/mol. The quantitative estimate of drug-likeness (QED) is 0.830. The van der Waals surface area contributed by atoms with Crippen molar-refractivity contribution in [2.45, 2.75) is 6.42 Å². The molecule has 1 rings (SSSR count). The van der Waals surface area contributed by atoms with Crippen LogP contribution in [0.4, 0.5) is 19.3 Å². The molecule has 0 saturated heterocycles. The number of alkyl halides is 1. The van der Waals surface area contributed by atoms with E-state index in [1.165, 1.54) is 0 Å². The molecule has 98 valence electrons. The summed E-state index contributed by atoms with van der Waals surface area (Å²) < 4.78 is 26.9. The van der Waals surface area contributed by atoms with E-state index in [1.807, 2.05) is 10.6 Å². The number of hydrogen-bond donors (Lipinski definition) is 2. The molecule has 2 N–H and O–H groups in total. The van der Waals surface area contributed by atoms with Crippen LogP contribution < -0.4 is 10.6 Å². The van der Waals surface area contributed by atoms with Crippen LogP contribution >= 0.6 is 27.5 Å². The monoisotopic (exact) mass is 340 g/mol. The number of carbonyl (C=O) groups excluding carboxylic acids is 2. The van der Waals surface area contributed by atoms with Crippen molar-refractivity contribution in [3.63, 3.8) is 0 Å². The number of hydrogen-bond acceptors (Lipinski definition) is 2. The SMILES string of the molecule is O=C(CCCl)NC(=O)Nc1c(F)cc(Br)cc1F. The van der Waals surface area contributed by atoms with E-state index in [4.69, 9.17) is 11.6 Å². The molecular formula is C10H8BrClF2N2O2. The molecule has 0 aliphatic carbocycles. The first kappa shape index (κ1) is 14.8. The number of carbonyl (C=O) groups is 2. The van der Waals surface area contributed by atoms with E-state index in [2.05, 4.69) is 15.9 Å². The molecule has 3 amide bonds. The molecule has 0 saturated carbocycles. The molecule has 0 aromatic heterocycles. The van der Waals surface area contributed by atoms with Crippen LogP contribution in [0.1, 0.15) is 6.42 Å². The van der Waals surface area contributed by atoms with E-state index in [1.54, 1.807) is 0 Å². The molecule has 0 spiro atoms. The highest BCUT2D eigenvalue weighted by Crippen LogP contribution is 2.23. The van der Waals surface area contributed by atoms with E-state index in [0.717, 1.165) is 12.1 Å². The number of benzene rings is 1. The van der Waals surface area contributed by atoms with Gasteiger partial charge in [0, 0.05) is 16.8 Å². The number of urea groups is 1. The summed E-state index contributed by atoms with van der Waals surface area (Å²) in [5.74, 6) is -2.51. The van der Waals surface area contributed by atoms with Gasteiger partial charge in [0.25, 0.3) is 0 Å². The third-order valence-electron chi connectivity index (χ3n) is 1.82. The molecule has 0 fully saturated rings. The van der Waals surface area contributed by atoms with Crippen LogP contribution in [0.25, 0.3) is 0 Å². The van der Waals surface area contributed by atoms with Gasteiger partial charge in [0.15, 0.2) is 11.6 Å². The fourth-order valence-electron chi connectivity index (χ4n) is 1.08. The molecule has 0 heterocycles. The van der Waals surface area contributed by atoms with Gasteiger partial charge in [-0.2, -0.15) is 0 Å². The number of halogens is 4. The first-order valence-corrected chi connectivity index (χ1v) is 6.08. The highest BCUT2D eigenvalue weighted by Gasteiger charge is 2.14. The van der Waals surface area contributed by atoms with Gasteiger partial charge >= 0.3 is 6.03 Å².